The molecule has 0 unspecified atom stereocenters. The maximum atomic E-state index is 13.2. The van der Waals surface area contributed by atoms with Crippen molar-refractivity contribution in [3.8, 4) is 0 Å². The van der Waals surface area contributed by atoms with Gasteiger partial charge in [-0.3, -0.25) is 9.80 Å². The van der Waals surface area contributed by atoms with Gasteiger partial charge in [0.25, 0.3) is 0 Å². The van der Waals surface area contributed by atoms with Crippen molar-refractivity contribution in [3.63, 3.8) is 0 Å². The van der Waals surface area contributed by atoms with Crippen LogP contribution in [0.2, 0.25) is 0 Å². The molecule has 0 N–H and O–H groups in total. The average Bonchev–Trinajstić information content (AvgIpc) is 3.32. The van der Waals surface area contributed by atoms with Gasteiger partial charge in [0.05, 0.1) is 5.54 Å². The maximum absolute atomic E-state index is 13.2. The topological polar surface area (TPSA) is 6.48 Å². The molecular weight excluding hydrogens is 351 g/mol. The molecule has 1 spiro atoms. The molecule has 0 amide bonds. The number of thiophene rings is 2. The van der Waals surface area contributed by atoms with E-state index < -0.39 is 0 Å². The van der Waals surface area contributed by atoms with Crippen LogP contribution >= 0.6 is 22.7 Å². The molecule has 0 radical (unpaired) electrons. The molecule has 2 aliphatic rings. The van der Waals surface area contributed by atoms with Gasteiger partial charge in [-0.2, -0.15) is 4.39 Å². The minimum absolute atomic E-state index is 0.0618. The Morgan fingerprint density at radius 3 is 2.52 bits per heavy atom. The van der Waals surface area contributed by atoms with E-state index in [9.17, 15) is 4.39 Å². The standard InChI is InChI=1S/C20H27FN2S2/c1-22(2)20(17-4-3-13-24-17)9-7-19(8-10-20)11-12-23(15-19)14-16-5-6-18(21)25-16/h3-6,13H,7-12,14-15H2,1-2H3. The Hall–Kier alpha value is -0.750. The van der Waals surface area contributed by atoms with Gasteiger partial charge in [0.2, 0.25) is 0 Å². The summed E-state index contributed by atoms with van der Waals surface area (Å²) in [7, 11) is 4.48. The van der Waals surface area contributed by atoms with Crippen molar-refractivity contribution >= 4 is 22.7 Å². The maximum Gasteiger partial charge on any atom is 0.176 e. The van der Waals surface area contributed by atoms with Gasteiger partial charge in [0, 0.05) is 22.8 Å². The molecule has 3 heterocycles. The Morgan fingerprint density at radius 2 is 1.92 bits per heavy atom. The predicted molar refractivity (Wildman–Crippen MR) is 105 cm³/mol. The summed E-state index contributed by atoms with van der Waals surface area (Å²) in [6.07, 6.45) is 6.41. The number of halogens is 1. The first-order chi connectivity index (χ1) is 12.0. The molecule has 0 bridgehead atoms. The fourth-order valence-electron chi connectivity index (χ4n) is 4.88. The van der Waals surface area contributed by atoms with Crippen LogP contribution in [0.3, 0.4) is 0 Å². The fraction of sp³-hybridized carbons (Fsp3) is 0.600. The van der Waals surface area contributed by atoms with Crippen molar-refractivity contribution in [1.82, 2.24) is 9.80 Å². The van der Waals surface area contributed by atoms with Gasteiger partial charge in [0.1, 0.15) is 0 Å². The van der Waals surface area contributed by atoms with E-state index in [0.29, 0.717) is 5.41 Å². The third kappa shape index (κ3) is 3.32. The SMILES string of the molecule is CN(C)C1(c2cccs2)CCC2(CCN(Cc3ccc(F)s3)C2)CC1. The molecule has 1 aliphatic carbocycles. The molecule has 2 nitrogen and oxygen atoms in total. The zero-order valence-electron chi connectivity index (χ0n) is 15.1. The number of likely N-dealkylation sites (tertiary alicyclic amines) is 1. The molecule has 1 aliphatic heterocycles. The Kier molecular flexibility index (Phi) is 4.78. The zero-order valence-corrected chi connectivity index (χ0v) is 16.8. The van der Waals surface area contributed by atoms with Gasteiger partial charge in [-0.15, -0.1) is 22.7 Å². The Balaban J connectivity index is 1.43. The van der Waals surface area contributed by atoms with Crippen LogP contribution in [0.5, 0.6) is 0 Å². The second-order valence-corrected chi connectivity index (χ2v) is 10.1. The van der Waals surface area contributed by atoms with E-state index in [1.807, 2.05) is 17.4 Å². The van der Waals surface area contributed by atoms with Crippen LogP contribution in [0.15, 0.2) is 29.6 Å². The van der Waals surface area contributed by atoms with Gasteiger partial charge in [-0.25, -0.2) is 0 Å². The third-order valence-electron chi connectivity index (χ3n) is 6.50. The van der Waals surface area contributed by atoms with Crippen LogP contribution in [0, 0.1) is 10.5 Å². The lowest BCUT2D eigenvalue weighted by molar-refractivity contribution is 0.0405. The van der Waals surface area contributed by atoms with Gasteiger partial charge in [-0.1, -0.05) is 6.07 Å². The normalized spacial score (nSPS) is 30.6. The molecule has 136 valence electrons. The van der Waals surface area contributed by atoms with Crippen molar-refractivity contribution in [2.75, 3.05) is 27.2 Å². The summed E-state index contributed by atoms with van der Waals surface area (Å²) in [4.78, 5) is 7.68. The van der Waals surface area contributed by atoms with E-state index in [-0.39, 0.29) is 10.7 Å². The van der Waals surface area contributed by atoms with Crippen molar-refractivity contribution in [2.45, 2.75) is 44.2 Å². The van der Waals surface area contributed by atoms with E-state index in [2.05, 4.69) is 41.4 Å². The molecule has 1 saturated heterocycles. The minimum Gasteiger partial charge on any atom is -0.299 e. The molecule has 1 saturated carbocycles. The van der Waals surface area contributed by atoms with E-state index in [1.54, 1.807) is 6.07 Å². The Bertz CT molecular complexity index is 699. The number of nitrogens with zero attached hydrogens (tertiary/aromatic N) is 2. The lowest BCUT2D eigenvalue weighted by Gasteiger charge is -2.48. The lowest BCUT2D eigenvalue weighted by atomic mass is 9.66. The summed E-state index contributed by atoms with van der Waals surface area (Å²) in [5, 5.41) is 2.15. The quantitative estimate of drug-likeness (QED) is 0.724. The highest BCUT2D eigenvalue weighted by atomic mass is 32.1. The first-order valence-electron chi connectivity index (χ1n) is 9.19. The molecule has 4 rings (SSSR count). The summed E-state index contributed by atoms with van der Waals surface area (Å²) in [5.74, 6) is 0. The van der Waals surface area contributed by atoms with Gasteiger partial charge in [0.15, 0.2) is 5.13 Å². The largest absolute Gasteiger partial charge is 0.299 e. The zero-order chi connectivity index (χ0) is 17.5. The van der Waals surface area contributed by atoms with Crippen LogP contribution < -0.4 is 0 Å². The third-order valence-corrected chi connectivity index (χ3v) is 8.42. The first-order valence-corrected chi connectivity index (χ1v) is 10.9. The molecule has 2 aromatic heterocycles. The second-order valence-electron chi connectivity index (χ2n) is 8.07. The van der Waals surface area contributed by atoms with Crippen LogP contribution in [-0.4, -0.2) is 37.0 Å². The molecule has 0 aromatic carbocycles. The van der Waals surface area contributed by atoms with E-state index in [1.165, 1.54) is 54.9 Å². The summed E-state index contributed by atoms with van der Waals surface area (Å²) in [5.41, 5.74) is 0.705. The number of hydrogen-bond donors (Lipinski definition) is 0. The highest BCUT2D eigenvalue weighted by molar-refractivity contribution is 7.10. The summed E-state index contributed by atoms with van der Waals surface area (Å²) < 4.78 is 13.2. The molecule has 0 atom stereocenters. The van der Waals surface area contributed by atoms with Crippen molar-refractivity contribution in [2.24, 2.45) is 5.41 Å². The summed E-state index contributed by atoms with van der Waals surface area (Å²) in [6, 6.07) is 8.04. The van der Waals surface area contributed by atoms with Crippen molar-refractivity contribution < 1.29 is 4.39 Å². The monoisotopic (exact) mass is 378 g/mol. The van der Waals surface area contributed by atoms with Crippen LogP contribution in [0.25, 0.3) is 0 Å². The van der Waals surface area contributed by atoms with Crippen LogP contribution in [0.1, 0.15) is 41.9 Å². The molecule has 5 heteroatoms. The molecule has 2 aromatic rings. The number of rotatable bonds is 4. The van der Waals surface area contributed by atoms with Crippen LogP contribution in [-0.2, 0) is 12.1 Å². The highest BCUT2D eigenvalue weighted by Crippen LogP contribution is 2.52. The molecule has 25 heavy (non-hydrogen) atoms. The van der Waals surface area contributed by atoms with Crippen LogP contribution in [0.4, 0.5) is 4.39 Å². The average molecular weight is 379 g/mol. The van der Waals surface area contributed by atoms with E-state index >= 15 is 0 Å². The molecule has 2 fully saturated rings. The number of hydrogen-bond acceptors (Lipinski definition) is 4. The van der Waals surface area contributed by atoms with Gasteiger partial charge in [-0.05, 0) is 81.7 Å². The van der Waals surface area contributed by atoms with Gasteiger partial charge >= 0.3 is 0 Å². The minimum atomic E-state index is -0.0618. The molecular formula is C20H27FN2S2. The Labute approximate surface area is 158 Å². The lowest BCUT2D eigenvalue weighted by Crippen LogP contribution is -2.47. The van der Waals surface area contributed by atoms with Crippen molar-refractivity contribution in [3.05, 3.63) is 44.5 Å². The van der Waals surface area contributed by atoms with Crippen molar-refractivity contribution in [1.29, 1.82) is 0 Å². The Morgan fingerprint density at radius 1 is 1.12 bits per heavy atom. The van der Waals surface area contributed by atoms with E-state index in [4.69, 9.17) is 0 Å². The second kappa shape index (κ2) is 6.76. The first kappa shape index (κ1) is 17.7. The summed E-state index contributed by atoms with van der Waals surface area (Å²) in [6.45, 7) is 3.26. The highest BCUT2D eigenvalue weighted by Gasteiger charge is 2.47. The fourth-order valence-corrected chi connectivity index (χ4v) is 6.72. The smallest absolute Gasteiger partial charge is 0.176 e. The summed E-state index contributed by atoms with van der Waals surface area (Å²) >= 11 is 3.20. The van der Waals surface area contributed by atoms with E-state index in [0.717, 1.165) is 18.0 Å². The van der Waals surface area contributed by atoms with Gasteiger partial charge < -0.3 is 0 Å². The predicted octanol–water partition coefficient (Wildman–Crippen LogP) is 5.17.